The van der Waals surface area contributed by atoms with Crippen molar-refractivity contribution in [3.63, 3.8) is 0 Å². The summed E-state index contributed by atoms with van der Waals surface area (Å²) in [6, 6.07) is 16.0. The average Bonchev–Trinajstić information content (AvgIpc) is 4.13. The zero-order chi connectivity index (χ0) is 42.3. The number of amides is 4. The van der Waals surface area contributed by atoms with Crippen LogP contribution in [0, 0.1) is 17.3 Å². The van der Waals surface area contributed by atoms with Crippen molar-refractivity contribution in [1.82, 2.24) is 24.4 Å². The molecule has 5 atom stereocenters. The van der Waals surface area contributed by atoms with Gasteiger partial charge in [-0.15, -0.1) is 6.58 Å². The van der Waals surface area contributed by atoms with Gasteiger partial charge in [-0.25, -0.2) is 17.7 Å². The Kier molecular flexibility index (Phi) is 11.8. The number of fused-ring (bicyclic) bond motifs is 1. The Morgan fingerprint density at radius 3 is 2.36 bits per heavy atom. The smallest absolute Gasteiger partial charge is 0.262 e. The maximum atomic E-state index is 15.0. The molecule has 59 heavy (non-hydrogen) atoms. The highest BCUT2D eigenvalue weighted by molar-refractivity contribution is 7.70. The summed E-state index contributed by atoms with van der Waals surface area (Å²) in [5.74, 6) is -1.85. The monoisotopic (exact) mass is 827 g/mol. The third-order valence-electron chi connectivity index (χ3n) is 12.9. The Labute approximate surface area is 348 Å². The standard InChI is InChI=1S/C45H57N5O8S/c1-7-30-27-45(30,42(54)50(59(55)56)44(8-2)19-20-44)47-40(52)37-24-32(28-49(37)41(53)34(43(3,4)5)25-39(51)48-21-13-10-14-22-48)58-38-26-35(29-15-11-9-12-16-29)46-36-23-31(57-6)17-18-33(36)38/h7,9,11-12,15-18,23,26,30,32,34,37,59H,1,8,10,13-14,19-22,24-25,27-28H2,2-6H3,(H,47,52)/t30-,32-,34-,37+,45-/m1/s1. The van der Waals surface area contributed by atoms with Crippen molar-refractivity contribution in [2.75, 3.05) is 26.7 Å². The number of rotatable bonds is 14. The highest BCUT2D eigenvalue weighted by Crippen LogP contribution is 2.52. The highest BCUT2D eigenvalue weighted by atomic mass is 32.2. The lowest BCUT2D eigenvalue weighted by atomic mass is 9.77. The summed E-state index contributed by atoms with van der Waals surface area (Å²) in [4.78, 5) is 66.0. The first kappa shape index (κ1) is 42.2. The fourth-order valence-electron chi connectivity index (χ4n) is 8.95. The van der Waals surface area contributed by atoms with Crippen molar-refractivity contribution >= 4 is 45.4 Å². The maximum Gasteiger partial charge on any atom is 0.262 e. The lowest BCUT2D eigenvalue weighted by Gasteiger charge is -2.37. The Morgan fingerprint density at radius 1 is 1.05 bits per heavy atom. The Balaban J connectivity index is 1.23. The molecule has 7 rings (SSSR count). The number of hydrogen-bond acceptors (Lipinski definition) is 9. The minimum atomic E-state index is -3.28. The van der Waals surface area contributed by atoms with Crippen LogP contribution in [0.3, 0.4) is 0 Å². The van der Waals surface area contributed by atoms with Crippen molar-refractivity contribution in [2.24, 2.45) is 17.3 Å². The van der Waals surface area contributed by atoms with Crippen LogP contribution in [0.4, 0.5) is 0 Å². The second-order valence-electron chi connectivity index (χ2n) is 17.7. The van der Waals surface area contributed by atoms with E-state index in [4.69, 9.17) is 14.5 Å². The zero-order valence-corrected chi connectivity index (χ0v) is 35.7. The molecule has 3 aromatic rings. The van der Waals surface area contributed by atoms with Crippen molar-refractivity contribution in [1.29, 1.82) is 0 Å². The summed E-state index contributed by atoms with van der Waals surface area (Å²) in [6.07, 6.45) is 5.61. The number of likely N-dealkylation sites (tertiary alicyclic amines) is 2. The third-order valence-corrected chi connectivity index (χ3v) is 13.9. The lowest BCUT2D eigenvalue weighted by Crippen LogP contribution is -2.58. The Bertz CT molecular complexity index is 2190. The van der Waals surface area contributed by atoms with Gasteiger partial charge in [0.25, 0.3) is 5.91 Å². The summed E-state index contributed by atoms with van der Waals surface area (Å²) >= 11 is 0. The highest BCUT2D eigenvalue weighted by Gasteiger charge is 2.66. The number of nitrogens with zero attached hydrogens (tertiary/aromatic N) is 4. The second-order valence-corrected chi connectivity index (χ2v) is 18.6. The van der Waals surface area contributed by atoms with Crippen LogP contribution < -0.4 is 14.8 Å². The minimum absolute atomic E-state index is 0.0124. The van der Waals surface area contributed by atoms with Gasteiger partial charge in [0.2, 0.25) is 28.6 Å². The van der Waals surface area contributed by atoms with E-state index in [0.29, 0.717) is 60.4 Å². The molecule has 14 heteroatoms. The van der Waals surface area contributed by atoms with E-state index in [1.807, 2.05) is 87.2 Å². The molecular weight excluding hydrogens is 771 g/mol. The van der Waals surface area contributed by atoms with E-state index < -0.39 is 63.2 Å². The van der Waals surface area contributed by atoms with E-state index in [0.717, 1.165) is 29.1 Å². The summed E-state index contributed by atoms with van der Waals surface area (Å²) in [6.45, 7) is 12.8. The van der Waals surface area contributed by atoms with Crippen molar-refractivity contribution in [3.05, 3.63) is 67.3 Å². The largest absolute Gasteiger partial charge is 0.497 e. The SMILES string of the molecule is C=C[C@@H]1C[C@]1(NC(=O)[C@@H]1C[C@@H](Oc2cc(-c3ccccc3)nc3cc(OC)ccc23)CN1C(=O)[C@@H](CC(=O)N1CCCCC1)C(C)(C)C)C(=O)N([SH](=O)=O)C1(CC)CC1. The number of pyridine rings is 1. The normalized spacial score (nSPS) is 24.0. The zero-order valence-electron chi connectivity index (χ0n) is 34.8. The van der Waals surface area contributed by atoms with Gasteiger partial charge >= 0.3 is 0 Å². The number of nitrogens with one attached hydrogen (secondary N) is 1. The van der Waals surface area contributed by atoms with Gasteiger partial charge in [-0.05, 0) is 62.5 Å². The molecule has 2 saturated heterocycles. The van der Waals surface area contributed by atoms with E-state index in [2.05, 4.69) is 11.9 Å². The van der Waals surface area contributed by atoms with Gasteiger partial charge in [0, 0.05) is 54.9 Å². The number of carbonyl (C=O) groups is 4. The predicted octanol–water partition coefficient (Wildman–Crippen LogP) is 5.68. The van der Waals surface area contributed by atoms with Crippen LogP contribution in [0.2, 0.25) is 0 Å². The van der Waals surface area contributed by atoms with Gasteiger partial charge in [0.15, 0.2) is 0 Å². The van der Waals surface area contributed by atoms with Gasteiger partial charge in [0.05, 0.1) is 36.3 Å². The van der Waals surface area contributed by atoms with E-state index in [9.17, 15) is 27.6 Å². The van der Waals surface area contributed by atoms with Gasteiger partial charge in [-0.2, -0.15) is 0 Å². The molecule has 1 N–H and O–H groups in total. The van der Waals surface area contributed by atoms with Crippen LogP contribution in [0.25, 0.3) is 22.2 Å². The molecule has 4 aliphatic rings. The number of thiol groups is 1. The number of carbonyl (C=O) groups excluding carboxylic acids is 4. The maximum absolute atomic E-state index is 15.0. The van der Waals surface area contributed by atoms with E-state index in [-0.39, 0.29) is 37.6 Å². The van der Waals surface area contributed by atoms with Crippen LogP contribution in [0.15, 0.2) is 67.3 Å². The van der Waals surface area contributed by atoms with Crippen LogP contribution in [0.1, 0.15) is 85.5 Å². The fraction of sp³-hybridized carbons (Fsp3) is 0.533. The number of ether oxygens (including phenoxy) is 2. The van der Waals surface area contributed by atoms with E-state index in [1.165, 1.54) is 4.90 Å². The first-order chi connectivity index (χ1) is 28.1. The minimum Gasteiger partial charge on any atom is -0.497 e. The molecule has 0 bridgehead atoms. The molecule has 4 amide bonds. The van der Waals surface area contributed by atoms with Crippen LogP contribution in [-0.2, 0) is 30.1 Å². The Morgan fingerprint density at radius 2 is 1.76 bits per heavy atom. The van der Waals surface area contributed by atoms with E-state index in [1.54, 1.807) is 13.2 Å². The second kappa shape index (κ2) is 16.6. The number of aromatic nitrogens is 1. The molecule has 2 aliphatic carbocycles. The van der Waals surface area contributed by atoms with Gasteiger partial charge in [0.1, 0.15) is 29.2 Å². The number of hydrogen-bond donors (Lipinski definition) is 2. The number of piperidine rings is 1. The van der Waals surface area contributed by atoms with Crippen molar-refractivity contribution in [2.45, 2.75) is 109 Å². The van der Waals surface area contributed by atoms with Crippen LogP contribution in [0.5, 0.6) is 11.5 Å². The van der Waals surface area contributed by atoms with Crippen LogP contribution in [-0.4, -0.2) is 101 Å². The first-order valence-corrected chi connectivity index (χ1v) is 22.0. The molecule has 13 nitrogen and oxygen atoms in total. The molecular formula is C45H57N5O8S. The summed E-state index contributed by atoms with van der Waals surface area (Å²) in [5.41, 5.74) is -0.800. The van der Waals surface area contributed by atoms with Gasteiger partial charge < -0.3 is 24.6 Å². The first-order valence-electron chi connectivity index (χ1n) is 20.9. The molecule has 4 fully saturated rings. The van der Waals surface area contributed by atoms with Gasteiger partial charge in [-0.3, -0.25) is 19.2 Å². The lowest BCUT2D eigenvalue weighted by molar-refractivity contribution is -0.149. The molecule has 2 aliphatic heterocycles. The molecule has 0 spiro atoms. The predicted molar refractivity (Wildman–Crippen MR) is 225 cm³/mol. The van der Waals surface area contributed by atoms with Crippen molar-refractivity contribution in [3.8, 4) is 22.8 Å². The summed E-state index contributed by atoms with van der Waals surface area (Å²) in [7, 11) is -1.70. The van der Waals surface area contributed by atoms with Crippen LogP contribution >= 0.6 is 0 Å². The third kappa shape index (κ3) is 8.42. The molecule has 0 unspecified atom stereocenters. The molecule has 316 valence electrons. The molecule has 0 radical (unpaired) electrons. The fourth-order valence-corrected chi connectivity index (χ4v) is 9.97. The average molecular weight is 828 g/mol. The molecule has 3 heterocycles. The van der Waals surface area contributed by atoms with Gasteiger partial charge in [-0.1, -0.05) is 64.1 Å². The quantitative estimate of drug-likeness (QED) is 0.154. The van der Waals surface area contributed by atoms with E-state index >= 15 is 0 Å². The Hall–Kier alpha value is -4.98. The summed E-state index contributed by atoms with van der Waals surface area (Å²) < 4.78 is 38.6. The summed E-state index contributed by atoms with van der Waals surface area (Å²) in [5, 5.41) is 3.68. The molecule has 2 saturated carbocycles. The topological polar surface area (TPSA) is 156 Å². The molecule has 1 aromatic heterocycles. The number of methoxy groups -OCH3 is 1. The number of benzene rings is 2. The molecule has 2 aromatic carbocycles. The van der Waals surface area contributed by atoms with Crippen molar-refractivity contribution < 1.29 is 37.1 Å².